The molecule has 0 radical (unpaired) electrons. The van der Waals surface area contributed by atoms with Crippen LogP contribution in [0.1, 0.15) is 49.3 Å². The lowest BCUT2D eigenvalue weighted by atomic mass is 9.71. The van der Waals surface area contributed by atoms with Gasteiger partial charge in [0.2, 0.25) is 5.91 Å². The minimum atomic E-state index is -1.69. The highest BCUT2D eigenvalue weighted by Crippen LogP contribution is 2.47. The number of amides is 1. The van der Waals surface area contributed by atoms with E-state index in [0.717, 1.165) is 5.56 Å². The molecule has 0 bridgehead atoms. The molecule has 1 amide bonds. The van der Waals surface area contributed by atoms with Gasteiger partial charge >= 0.3 is 5.97 Å². The molecule has 43 heavy (non-hydrogen) atoms. The summed E-state index contributed by atoms with van der Waals surface area (Å²) in [6, 6.07) is 14.1. The van der Waals surface area contributed by atoms with E-state index in [1.165, 1.54) is 31.2 Å². The number of hydrogen-bond acceptors (Lipinski definition) is 7. The smallest absolute Gasteiger partial charge is 0.303 e. The summed E-state index contributed by atoms with van der Waals surface area (Å²) in [5.41, 5.74) is -1.44. The topological polar surface area (TPSA) is 103 Å². The molecule has 2 N–H and O–H groups in total. The standard InChI is InChI=1S/C32H32ClF2NO7/c1-19(37)43-28-16-32(24-9-5-21(33)15-26(24)35,42-17-20-3-6-22(40-2)7-4-20)14-13-31(28,39)18-41-27-11-10-25(34)30-23(27)8-12-29(38)36-30/h3-7,9-11,15,28,39H,8,12-14,16-18H2,1-2H3,(H,36,38)/t28-,31-,32+/m1/s1. The molecule has 1 saturated carbocycles. The molecule has 0 spiro atoms. The van der Waals surface area contributed by atoms with Crippen molar-refractivity contribution >= 4 is 29.2 Å². The molecule has 1 fully saturated rings. The van der Waals surface area contributed by atoms with Gasteiger partial charge in [-0.25, -0.2) is 8.78 Å². The molecule has 3 aromatic rings. The fourth-order valence-corrected chi connectivity index (χ4v) is 5.86. The Morgan fingerprint density at radius 1 is 1.07 bits per heavy atom. The van der Waals surface area contributed by atoms with Gasteiger partial charge in [-0.1, -0.05) is 29.8 Å². The van der Waals surface area contributed by atoms with E-state index in [4.69, 9.17) is 30.5 Å². The molecule has 1 aliphatic heterocycles. The van der Waals surface area contributed by atoms with E-state index in [1.807, 2.05) is 12.1 Å². The summed E-state index contributed by atoms with van der Waals surface area (Å²) in [4.78, 5) is 24.1. The van der Waals surface area contributed by atoms with Gasteiger partial charge in [-0.05, 0) is 61.2 Å². The van der Waals surface area contributed by atoms with E-state index < -0.39 is 34.9 Å². The molecule has 11 heteroatoms. The number of hydrogen-bond donors (Lipinski definition) is 2. The molecular weight excluding hydrogens is 584 g/mol. The van der Waals surface area contributed by atoms with Crippen LogP contribution in [-0.4, -0.2) is 42.4 Å². The van der Waals surface area contributed by atoms with Crippen LogP contribution in [0.25, 0.3) is 0 Å². The van der Waals surface area contributed by atoms with E-state index in [0.29, 0.717) is 17.1 Å². The average Bonchev–Trinajstić information content (AvgIpc) is 2.98. The van der Waals surface area contributed by atoms with Crippen molar-refractivity contribution in [3.8, 4) is 11.5 Å². The Labute approximate surface area is 252 Å². The summed E-state index contributed by atoms with van der Waals surface area (Å²) in [7, 11) is 1.56. The molecule has 3 aromatic carbocycles. The van der Waals surface area contributed by atoms with Crippen molar-refractivity contribution in [1.29, 1.82) is 0 Å². The van der Waals surface area contributed by atoms with Gasteiger partial charge < -0.3 is 29.4 Å². The van der Waals surface area contributed by atoms with Crippen molar-refractivity contribution in [3.63, 3.8) is 0 Å². The van der Waals surface area contributed by atoms with Crippen LogP contribution in [0.4, 0.5) is 14.5 Å². The van der Waals surface area contributed by atoms with Crippen LogP contribution in [0.15, 0.2) is 54.6 Å². The number of methoxy groups -OCH3 is 1. The molecule has 3 atom stereocenters. The van der Waals surface area contributed by atoms with Gasteiger partial charge in [-0.2, -0.15) is 0 Å². The van der Waals surface area contributed by atoms with Gasteiger partial charge in [0, 0.05) is 35.9 Å². The van der Waals surface area contributed by atoms with Crippen LogP contribution in [-0.2, 0) is 37.7 Å². The minimum absolute atomic E-state index is 0.00967. The highest BCUT2D eigenvalue weighted by atomic mass is 35.5. The Morgan fingerprint density at radius 2 is 1.84 bits per heavy atom. The van der Waals surface area contributed by atoms with Crippen LogP contribution in [0, 0.1) is 11.6 Å². The normalized spacial score (nSPS) is 23.2. The quantitative estimate of drug-likeness (QED) is 0.291. The highest BCUT2D eigenvalue weighted by Gasteiger charge is 2.53. The van der Waals surface area contributed by atoms with Crippen LogP contribution in [0.2, 0.25) is 5.02 Å². The molecule has 0 saturated heterocycles. The van der Waals surface area contributed by atoms with Crippen molar-refractivity contribution in [1.82, 2.24) is 0 Å². The van der Waals surface area contributed by atoms with Crippen molar-refractivity contribution < 1.29 is 42.4 Å². The monoisotopic (exact) mass is 615 g/mol. The minimum Gasteiger partial charge on any atom is -0.497 e. The van der Waals surface area contributed by atoms with Gasteiger partial charge in [0.15, 0.2) is 0 Å². The Morgan fingerprint density at radius 3 is 2.53 bits per heavy atom. The van der Waals surface area contributed by atoms with Crippen LogP contribution in [0.5, 0.6) is 11.5 Å². The van der Waals surface area contributed by atoms with Crippen molar-refractivity contribution in [2.75, 3.05) is 19.0 Å². The number of carbonyl (C=O) groups excluding carboxylic acids is 2. The predicted molar refractivity (Wildman–Crippen MR) is 154 cm³/mol. The van der Waals surface area contributed by atoms with E-state index >= 15 is 4.39 Å². The van der Waals surface area contributed by atoms with Crippen molar-refractivity contribution in [3.05, 3.63) is 87.9 Å². The Kier molecular flexibility index (Phi) is 8.91. The van der Waals surface area contributed by atoms with E-state index in [1.54, 1.807) is 25.3 Å². The summed E-state index contributed by atoms with van der Waals surface area (Å²) < 4.78 is 53.2. The number of aliphatic hydroxyl groups is 1. The first-order valence-corrected chi connectivity index (χ1v) is 14.3. The zero-order valence-corrected chi connectivity index (χ0v) is 24.5. The number of fused-ring (bicyclic) bond motifs is 1. The largest absolute Gasteiger partial charge is 0.497 e. The summed E-state index contributed by atoms with van der Waals surface area (Å²) in [5, 5.41) is 14.6. The summed E-state index contributed by atoms with van der Waals surface area (Å²) in [6.45, 7) is 1.01. The maximum atomic E-state index is 15.4. The van der Waals surface area contributed by atoms with Gasteiger partial charge in [0.25, 0.3) is 0 Å². The third-order valence-electron chi connectivity index (χ3n) is 8.04. The van der Waals surface area contributed by atoms with Crippen molar-refractivity contribution in [2.24, 2.45) is 0 Å². The van der Waals surface area contributed by atoms with E-state index in [9.17, 15) is 19.1 Å². The maximum absolute atomic E-state index is 15.4. The molecule has 0 aromatic heterocycles. The Hall–Kier alpha value is -3.73. The second-order valence-corrected chi connectivity index (χ2v) is 11.3. The van der Waals surface area contributed by atoms with Crippen molar-refractivity contribution in [2.45, 2.75) is 62.9 Å². The van der Waals surface area contributed by atoms with Crippen LogP contribution in [0.3, 0.4) is 0 Å². The zero-order chi connectivity index (χ0) is 30.8. The lowest BCUT2D eigenvalue weighted by Gasteiger charge is -2.48. The van der Waals surface area contributed by atoms with Gasteiger partial charge in [-0.3, -0.25) is 9.59 Å². The maximum Gasteiger partial charge on any atom is 0.303 e. The third kappa shape index (κ3) is 6.61. The number of nitrogens with one attached hydrogen (secondary N) is 1. The lowest BCUT2D eigenvalue weighted by Crippen LogP contribution is -2.57. The van der Waals surface area contributed by atoms with Gasteiger partial charge in [-0.15, -0.1) is 0 Å². The van der Waals surface area contributed by atoms with Gasteiger partial charge in [0.05, 0.1) is 19.4 Å². The Balaban J connectivity index is 1.44. The average molecular weight is 616 g/mol. The number of rotatable bonds is 9. The molecule has 1 aliphatic carbocycles. The zero-order valence-electron chi connectivity index (χ0n) is 23.8. The van der Waals surface area contributed by atoms with Gasteiger partial charge in [0.1, 0.15) is 47.0 Å². The molecule has 8 nitrogen and oxygen atoms in total. The number of carbonyl (C=O) groups is 2. The Bertz CT molecular complexity index is 1520. The molecule has 0 unspecified atom stereocenters. The predicted octanol–water partition coefficient (Wildman–Crippen LogP) is 5.85. The number of halogens is 3. The van der Waals surface area contributed by atoms with Crippen LogP contribution >= 0.6 is 11.6 Å². The first-order valence-electron chi connectivity index (χ1n) is 13.9. The molecule has 1 heterocycles. The summed E-state index contributed by atoms with van der Waals surface area (Å²) >= 11 is 6.05. The lowest BCUT2D eigenvalue weighted by molar-refractivity contribution is -0.209. The molecule has 228 valence electrons. The molecule has 2 aliphatic rings. The molecular formula is C32H32ClF2NO7. The first kappa shape index (κ1) is 30.7. The molecule has 5 rings (SSSR count). The highest BCUT2D eigenvalue weighted by molar-refractivity contribution is 6.30. The summed E-state index contributed by atoms with van der Waals surface area (Å²) in [5.74, 6) is -1.16. The fraction of sp³-hybridized carbons (Fsp3) is 0.375. The second-order valence-electron chi connectivity index (χ2n) is 10.9. The fourth-order valence-electron chi connectivity index (χ4n) is 5.71. The number of ether oxygens (including phenoxy) is 4. The number of benzene rings is 3. The van der Waals surface area contributed by atoms with Crippen LogP contribution < -0.4 is 14.8 Å². The van der Waals surface area contributed by atoms with E-state index in [-0.39, 0.29) is 67.5 Å². The first-order chi connectivity index (χ1) is 20.5. The SMILES string of the molecule is COc1ccc(CO[C@@]2(c3ccc(Cl)cc3F)CC[C@@](O)(COc3ccc(F)c4c3CCC(=O)N4)[C@H](OC(C)=O)C2)cc1. The van der Waals surface area contributed by atoms with E-state index in [2.05, 4.69) is 5.32 Å². The number of esters is 1. The third-order valence-corrected chi connectivity index (χ3v) is 8.28. The second kappa shape index (κ2) is 12.5. The number of anilines is 1. The summed E-state index contributed by atoms with van der Waals surface area (Å²) in [6.07, 6.45) is -0.655.